The van der Waals surface area contributed by atoms with Crippen LogP contribution < -0.4 is 5.73 Å². The van der Waals surface area contributed by atoms with Crippen molar-refractivity contribution in [3.63, 3.8) is 0 Å². The highest BCUT2D eigenvalue weighted by molar-refractivity contribution is 8.00. The highest BCUT2D eigenvalue weighted by Crippen LogP contribution is 2.18. The number of hydrogen-bond acceptors (Lipinski definition) is 4. The summed E-state index contributed by atoms with van der Waals surface area (Å²) in [6.45, 7) is 0.625. The number of aromatic nitrogens is 1. The minimum atomic E-state index is 0.0932. The predicted molar refractivity (Wildman–Crippen MR) is 82.3 cm³/mol. The van der Waals surface area contributed by atoms with Crippen LogP contribution in [0.2, 0.25) is 0 Å². The van der Waals surface area contributed by atoms with Gasteiger partial charge in [0.1, 0.15) is 5.82 Å². The van der Waals surface area contributed by atoms with E-state index in [1.165, 1.54) is 11.8 Å². The summed E-state index contributed by atoms with van der Waals surface area (Å²) in [7, 11) is 1.82. The third kappa shape index (κ3) is 4.28. The number of nitrogens with two attached hydrogens (primary N) is 1. The normalized spacial score (nSPS) is 10.2. The lowest BCUT2D eigenvalue weighted by Gasteiger charge is -2.17. The van der Waals surface area contributed by atoms with Crippen LogP contribution in [-0.4, -0.2) is 28.6 Å². The fourth-order valence-corrected chi connectivity index (χ4v) is 2.48. The van der Waals surface area contributed by atoms with Crippen molar-refractivity contribution in [3.8, 4) is 0 Å². The molecule has 1 amide bonds. The molecule has 2 rings (SSSR count). The maximum atomic E-state index is 12.0. The molecule has 0 spiro atoms. The van der Waals surface area contributed by atoms with Gasteiger partial charge in [-0.2, -0.15) is 0 Å². The van der Waals surface area contributed by atoms with Crippen molar-refractivity contribution in [2.75, 3.05) is 18.5 Å². The number of hydrogen-bond donors (Lipinski definition) is 1. The minimum Gasteiger partial charge on any atom is -0.384 e. The van der Waals surface area contributed by atoms with Gasteiger partial charge in [-0.3, -0.25) is 4.79 Å². The minimum absolute atomic E-state index is 0.0932. The molecule has 1 aromatic carbocycles. The van der Waals surface area contributed by atoms with E-state index in [2.05, 4.69) is 4.98 Å². The molecule has 20 heavy (non-hydrogen) atoms. The highest BCUT2D eigenvalue weighted by Gasteiger charge is 2.09. The van der Waals surface area contributed by atoms with Gasteiger partial charge < -0.3 is 10.6 Å². The molecular weight excluding hydrogens is 270 g/mol. The first-order valence-electron chi connectivity index (χ1n) is 6.27. The summed E-state index contributed by atoms with van der Waals surface area (Å²) in [5.41, 5.74) is 6.65. The molecule has 0 bridgehead atoms. The smallest absolute Gasteiger partial charge is 0.232 e. The SMILES string of the molecule is CN(Cc1ccccc1)C(=O)CSc1ccc(N)nc1. The summed E-state index contributed by atoms with van der Waals surface area (Å²) < 4.78 is 0. The Labute approximate surface area is 123 Å². The molecule has 0 atom stereocenters. The predicted octanol–water partition coefficient (Wildman–Crippen LogP) is 2.41. The molecule has 0 saturated carbocycles. The average molecular weight is 287 g/mol. The first-order chi connectivity index (χ1) is 9.65. The van der Waals surface area contributed by atoms with Crippen molar-refractivity contribution in [1.82, 2.24) is 9.88 Å². The van der Waals surface area contributed by atoms with Crippen molar-refractivity contribution in [1.29, 1.82) is 0 Å². The van der Waals surface area contributed by atoms with Crippen LogP contribution in [0.4, 0.5) is 5.82 Å². The van der Waals surface area contributed by atoms with Crippen LogP contribution in [0.5, 0.6) is 0 Å². The number of carbonyl (C=O) groups excluding carboxylic acids is 1. The van der Waals surface area contributed by atoms with Crippen molar-refractivity contribution in [2.24, 2.45) is 0 Å². The zero-order valence-electron chi connectivity index (χ0n) is 11.3. The van der Waals surface area contributed by atoms with E-state index < -0.39 is 0 Å². The number of thioether (sulfide) groups is 1. The van der Waals surface area contributed by atoms with E-state index in [0.29, 0.717) is 18.1 Å². The number of anilines is 1. The Hall–Kier alpha value is -2.01. The Morgan fingerprint density at radius 1 is 1.25 bits per heavy atom. The Balaban J connectivity index is 1.83. The maximum Gasteiger partial charge on any atom is 0.232 e. The molecule has 1 aromatic heterocycles. The molecule has 0 saturated heterocycles. The lowest BCUT2D eigenvalue weighted by atomic mass is 10.2. The molecule has 0 aliphatic carbocycles. The lowest BCUT2D eigenvalue weighted by Crippen LogP contribution is -2.27. The van der Waals surface area contributed by atoms with E-state index in [0.717, 1.165) is 10.5 Å². The van der Waals surface area contributed by atoms with Gasteiger partial charge in [0.2, 0.25) is 5.91 Å². The summed E-state index contributed by atoms with van der Waals surface area (Å²) in [6, 6.07) is 13.6. The Bertz CT molecular complexity index is 557. The molecule has 5 heteroatoms. The highest BCUT2D eigenvalue weighted by atomic mass is 32.2. The van der Waals surface area contributed by atoms with Crippen molar-refractivity contribution < 1.29 is 4.79 Å². The second-order valence-corrected chi connectivity index (χ2v) is 5.49. The molecule has 104 valence electrons. The van der Waals surface area contributed by atoms with Crippen LogP contribution in [-0.2, 0) is 11.3 Å². The first-order valence-corrected chi connectivity index (χ1v) is 7.26. The van der Waals surface area contributed by atoms with E-state index in [-0.39, 0.29) is 5.91 Å². The molecule has 2 aromatic rings. The summed E-state index contributed by atoms with van der Waals surface area (Å²) in [5, 5.41) is 0. The van der Waals surface area contributed by atoms with Crippen molar-refractivity contribution in [2.45, 2.75) is 11.4 Å². The van der Waals surface area contributed by atoms with Crippen LogP contribution in [0, 0.1) is 0 Å². The molecular formula is C15H17N3OS. The van der Waals surface area contributed by atoms with E-state index in [4.69, 9.17) is 5.73 Å². The van der Waals surface area contributed by atoms with Crippen LogP contribution in [0.3, 0.4) is 0 Å². The fraction of sp³-hybridized carbons (Fsp3) is 0.200. The third-order valence-electron chi connectivity index (χ3n) is 2.81. The van der Waals surface area contributed by atoms with Gasteiger partial charge in [-0.25, -0.2) is 4.98 Å². The number of pyridine rings is 1. The third-order valence-corrected chi connectivity index (χ3v) is 3.78. The van der Waals surface area contributed by atoms with E-state index in [1.54, 1.807) is 17.2 Å². The number of carbonyl (C=O) groups is 1. The molecule has 4 nitrogen and oxygen atoms in total. The fourth-order valence-electron chi connectivity index (χ4n) is 1.68. The molecule has 0 aliphatic rings. The number of nitrogen functional groups attached to an aromatic ring is 1. The number of amides is 1. The second kappa shape index (κ2) is 6.96. The van der Waals surface area contributed by atoms with Crippen molar-refractivity contribution in [3.05, 3.63) is 54.2 Å². The molecule has 0 radical (unpaired) electrons. The van der Waals surface area contributed by atoms with Gasteiger partial charge in [-0.05, 0) is 17.7 Å². The molecule has 0 fully saturated rings. The number of rotatable bonds is 5. The van der Waals surface area contributed by atoms with E-state index in [9.17, 15) is 4.79 Å². The Morgan fingerprint density at radius 2 is 2.00 bits per heavy atom. The maximum absolute atomic E-state index is 12.0. The first kappa shape index (κ1) is 14.4. The zero-order valence-corrected chi connectivity index (χ0v) is 12.1. The standard InChI is InChI=1S/C15H17N3OS/c1-18(10-12-5-3-2-4-6-12)15(19)11-20-13-7-8-14(16)17-9-13/h2-9H,10-11H2,1H3,(H2,16,17). The molecule has 1 heterocycles. The zero-order chi connectivity index (χ0) is 14.4. The van der Waals surface area contributed by atoms with Gasteiger partial charge in [0.15, 0.2) is 0 Å². The van der Waals surface area contributed by atoms with Crippen LogP contribution in [0.1, 0.15) is 5.56 Å². The Morgan fingerprint density at radius 3 is 2.65 bits per heavy atom. The van der Waals surface area contributed by atoms with Crippen molar-refractivity contribution >= 4 is 23.5 Å². The summed E-state index contributed by atoms with van der Waals surface area (Å²) in [6.07, 6.45) is 1.68. The monoisotopic (exact) mass is 287 g/mol. The van der Waals surface area contributed by atoms with Gasteiger partial charge in [0, 0.05) is 24.7 Å². The largest absolute Gasteiger partial charge is 0.384 e. The van der Waals surface area contributed by atoms with Gasteiger partial charge >= 0.3 is 0 Å². The molecule has 0 aliphatic heterocycles. The average Bonchev–Trinajstić information content (AvgIpc) is 2.47. The number of nitrogens with zero attached hydrogens (tertiary/aromatic N) is 2. The van der Waals surface area contributed by atoms with Crippen LogP contribution in [0.25, 0.3) is 0 Å². The molecule has 0 unspecified atom stereocenters. The summed E-state index contributed by atoms with van der Waals surface area (Å²) in [5.74, 6) is 0.979. The van der Waals surface area contributed by atoms with Gasteiger partial charge in [-0.1, -0.05) is 30.3 Å². The molecule has 2 N–H and O–H groups in total. The van der Waals surface area contributed by atoms with Gasteiger partial charge in [-0.15, -0.1) is 11.8 Å². The second-order valence-electron chi connectivity index (χ2n) is 4.44. The van der Waals surface area contributed by atoms with E-state index in [1.807, 2.05) is 43.4 Å². The summed E-state index contributed by atoms with van der Waals surface area (Å²) in [4.78, 5) is 18.7. The van der Waals surface area contributed by atoms with Gasteiger partial charge in [0.05, 0.1) is 5.75 Å². The number of benzene rings is 1. The quantitative estimate of drug-likeness (QED) is 0.858. The van der Waals surface area contributed by atoms with Crippen LogP contribution >= 0.6 is 11.8 Å². The summed E-state index contributed by atoms with van der Waals surface area (Å²) >= 11 is 1.47. The topological polar surface area (TPSA) is 59.2 Å². The van der Waals surface area contributed by atoms with Gasteiger partial charge in [0.25, 0.3) is 0 Å². The van der Waals surface area contributed by atoms with Crippen LogP contribution in [0.15, 0.2) is 53.6 Å². The Kier molecular flexibility index (Phi) is 5.01. The van der Waals surface area contributed by atoms with E-state index >= 15 is 0 Å². The lowest BCUT2D eigenvalue weighted by molar-refractivity contribution is -0.127.